The van der Waals surface area contributed by atoms with Crippen molar-refractivity contribution in [3.63, 3.8) is 0 Å². The molecular weight excluding hydrogens is 258 g/mol. The monoisotopic (exact) mass is 271 g/mol. The lowest BCUT2D eigenvalue weighted by molar-refractivity contribution is -0.152. The van der Waals surface area contributed by atoms with Crippen molar-refractivity contribution in [2.24, 2.45) is 0 Å². The fraction of sp³-hybridized carbons (Fsp3) is 0.545. The van der Waals surface area contributed by atoms with Gasteiger partial charge in [0.1, 0.15) is 0 Å². The maximum atomic E-state index is 11.8. The van der Waals surface area contributed by atoms with Gasteiger partial charge in [-0.25, -0.2) is 9.59 Å². The Kier molecular flexibility index (Phi) is 4.74. The number of hydrogen-bond donors (Lipinski definition) is 1. The number of rotatable bonds is 4. The van der Waals surface area contributed by atoms with E-state index in [4.69, 9.17) is 5.11 Å². The number of carbonyl (C=O) groups is 5. The first-order valence-corrected chi connectivity index (χ1v) is 5.60. The Hall–Kier alpha value is -2.25. The lowest BCUT2D eigenvalue weighted by atomic mass is 10.0. The molecule has 1 amide bonds. The third-order valence-corrected chi connectivity index (χ3v) is 2.77. The van der Waals surface area contributed by atoms with Crippen molar-refractivity contribution >= 4 is 29.6 Å². The normalized spacial score (nSPS) is 17.9. The standard InChI is InChI=1S/C11H13NO7/c1-6(13)12-4-2-3-7(12)8(14)5-9(15)10(16)19-11(17)18/h7H,2-5H2,1H3,(H,17,18)/t7-/m0/s1. The zero-order valence-corrected chi connectivity index (χ0v) is 10.2. The summed E-state index contributed by atoms with van der Waals surface area (Å²) in [5, 5.41) is 8.16. The first-order chi connectivity index (χ1) is 8.82. The average molecular weight is 271 g/mol. The number of ether oxygens (including phenoxy) is 1. The van der Waals surface area contributed by atoms with E-state index in [1.54, 1.807) is 0 Å². The Morgan fingerprint density at radius 3 is 2.42 bits per heavy atom. The van der Waals surface area contributed by atoms with Gasteiger partial charge < -0.3 is 14.7 Å². The Labute approximate surface area is 108 Å². The minimum atomic E-state index is -1.91. The zero-order chi connectivity index (χ0) is 14.6. The van der Waals surface area contributed by atoms with Crippen LogP contribution in [0.15, 0.2) is 0 Å². The van der Waals surface area contributed by atoms with E-state index in [1.165, 1.54) is 11.8 Å². The summed E-state index contributed by atoms with van der Waals surface area (Å²) in [5.41, 5.74) is 0. The molecule has 0 aromatic heterocycles. The molecular formula is C11H13NO7. The predicted molar refractivity (Wildman–Crippen MR) is 59.2 cm³/mol. The molecule has 1 aliphatic heterocycles. The summed E-state index contributed by atoms with van der Waals surface area (Å²) >= 11 is 0. The van der Waals surface area contributed by atoms with Gasteiger partial charge in [-0.3, -0.25) is 14.4 Å². The van der Waals surface area contributed by atoms with Crippen LogP contribution in [0.3, 0.4) is 0 Å². The zero-order valence-electron chi connectivity index (χ0n) is 10.2. The summed E-state index contributed by atoms with van der Waals surface area (Å²) < 4.78 is 3.65. The van der Waals surface area contributed by atoms with Gasteiger partial charge in [-0.15, -0.1) is 0 Å². The van der Waals surface area contributed by atoms with E-state index in [9.17, 15) is 24.0 Å². The highest BCUT2D eigenvalue weighted by atomic mass is 16.7. The number of nitrogens with zero attached hydrogens (tertiary/aromatic N) is 1. The highest BCUT2D eigenvalue weighted by Gasteiger charge is 2.34. The smallest absolute Gasteiger partial charge is 0.449 e. The van der Waals surface area contributed by atoms with Gasteiger partial charge in [0.25, 0.3) is 0 Å². The number of carbonyl (C=O) groups excluding carboxylic acids is 4. The molecule has 8 heteroatoms. The van der Waals surface area contributed by atoms with Crippen LogP contribution in [0.1, 0.15) is 26.2 Å². The number of likely N-dealkylation sites (tertiary alicyclic amines) is 1. The van der Waals surface area contributed by atoms with Crippen LogP contribution >= 0.6 is 0 Å². The van der Waals surface area contributed by atoms with Gasteiger partial charge in [-0.1, -0.05) is 0 Å². The predicted octanol–water partition coefficient (Wildman–Crippen LogP) is -0.253. The fourth-order valence-corrected chi connectivity index (χ4v) is 1.96. The van der Waals surface area contributed by atoms with Crippen LogP contribution in [0.5, 0.6) is 0 Å². The van der Waals surface area contributed by atoms with Gasteiger partial charge in [0, 0.05) is 13.5 Å². The molecule has 0 aromatic rings. The molecule has 0 saturated carbocycles. The molecule has 0 radical (unpaired) electrons. The first kappa shape index (κ1) is 14.8. The Balaban J connectivity index is 2.59. The number of hydrogen-bond acceptors (Lipinski definition) is 6. The van der Waals surface area contributed by atoms with E-state index in [1.807, 2.05) is 0 Å². The lowest BCUT2D eigenvalue weighted by Crippen LogP contribution is -2.40. The van der Waals surface area contributed by atoms with Crippen LogP contribution in [0.25, 0.3) is 0 Å². The first-order valence-electron chi connectivity index (χ1n) is 5.60. The molecule has 1 fully saturated rings. The molecule has 1 aliphatic rings. The molecule has 0 aliphatic carbocycles. The molecule has 8 nitrogen and oxygen atoms in total. The van der Waals surface area contributed by atoms with Gasteiger partial charge in [0.2, 0.25) is 11.7 Å². The summed E-state index contributed by atoms with van der Waals surface area (Å²) in [6.07, 6.45) is -1.60. The summed E-state index contributed by atoms with van der Waals surface area (Å²) in [6, 6.07) is -0.723. The Morgan fingerprint density at radius 1 is 1.26 bits per heavy atom. The van der Waals surface area contributed by atoms with Crippen molar-refractivity contribution < 1.29 is 33.8 Å². The molecule has 1 atom stereocenters. The van der Waals surface area contributed by atoms with Crippen molar-refractivity contribution in [3.8, 4) is 0 Å². The van der Waals surface area contributed by atoms with E-state index < -0.39 is 36.2 Å². The average Bonchev–Trinajstić information content (AvgIpc) is 2.76. The molecule has 0 aromatic carbocycles. The molecule has 1 heterocycles. The number of ketones is 2. The van der Waals surface area contributed by atoms with E-state index in [2.05, 4.69) is 4.74 Å². The molecule has 0 unspecified atom stereocenters. The summed E-state index contributed by atoms with van der Waals surface area (Å²) in [4.78, 5) is 56.6. The fourth-order valence-electron chi connectivity index (χ4n) is 1.96. The second-order valence-corrected chi connectivity index (χ2v) is 4.09. The van der Waals surface area contributed by atoms with Crippen LogP contribution in [-0.2, 0) is 23.9 Å². The van der Waals surface area contributed by atoms with Gasteiger partial charge in [0.15, 0.2) is 5.78 Å². The molecule has 0 bridgehead atoms. The van der Waals surface area contributed by atoms with E-state index in [0.717, 1.165) is 0 Å². The third-order valence-electron chi connectivity index (χ3n) is 2.77. The van der Waals surface area contributed by atoms with Crippen molar-refractivity contribution in [1.29, 1.82) is 0 Å². The van der Waals surface area contributed by atoms with Crippen molar-refractivity contribution in [3.05, 3.63) is 0 Å². The minimum Gasteiger partial charge on any atom is -0.449 e. The molecule has 1 N–H and O–H groups in total. The summed E-state index contributed by atoms with van der Waals surface area (Å²) in [6.45, 7) is 1.74. The molecule has 1 saturated heterocycles. The quantitative estimate of drug-likeness (QED) is 0.425. The van der Waals surface area contributed by atoms with E-state index in [-0.39, 0.29) is 5.91 Å². The maximum absolute atomic E-state index is 11.8. The van der Waals surface area contributed by atoms with Gasteiger partial charge in [-0.05, 0) is 12.8 Å². The van der Waals surface area contributed by atoms with E-state index in [0.29, 0.717) is 19.4 Å². The highest BCUT2D eigenvalue weighted by Crippen LogP contribution is 2.19. The van der Waals surface area contributed by atoms with Crippen molar-refractivity contribution in [2.75, 3.05) is 6.54 Å². The maximum Gasteiger partial charge on any atom is 0.513 e. The lowest BCUT2D eigenvalue weighted by Gasteiger charge is -2.21. The molecule has 0 spiro atoms. The summed E-state index contributed by atoms with van der Waals surface area (Å²) in [7, 11) is 0. The minimum absolute atomic E-state index is 0.281. The van der Waals surface area contributed by atoms with Gasteiger partial charge >= 0.3 is 12.1 Å². The number of Topliss-reactive ketones (excluding diaryl/α,β-unsaturated/α-hetero) is 2. The number of carboxylic acid groups (broad SMARTS) is 1. The summed E-state index contributed by atoms with van der Waals surface area (Å²) in [5.74, 6) is -3.69. The van der Waals surface area contributed by atoms with Crippen LogP contribution in [-0.4, -0.2) is 52.2 Å². The van der Waals surface area contributed by atoms with Crippen LogP contribution in [0.4, 0.5) is 4.79 Å². The van der Waals surface area contributed by atoms with Crippen molar-refractivity contribution in [2.45, 2.75) is 32.2 Å². The topological polar surface area (TPSA) is 118 Å². The van der Waals surface area contributed by atoms with Gasteiger partial charge in [-0.2, -0.15) is 0 Å². The Morgan fingerprint density at radius 2 is 1.89 bits per heavy atom. The largest absolute Gasteiger partial charge is 0.513 e. The SMILES string of the molecule is CC(=O)N1CCC[C@H]1C(=O)CC(=O)C(=O)OC(=O)O. The third kappa shape index (κ3) is 3.87. The number of amides is 1. The van der Waals surface area contributed by atoms with Crippen LogP contribution in [0.2, 0.25) is 0 Å². The molecule has 1 rings (SSSR count). The van der Waals surface area contributed by atoms with E-state index >= 15 is 0 Å². The number of esters is 1. The second kappa shape index (κ2) is 6.07. The molecule has 104 valence electrons. The molecule has 19 heavy (non-hydrogen) atoms. The van der Waals surface area contributed by atoms with Crippen LogP contribution < -0.4 is 0 Å². The van der Waals surface area contributed by atoms with Crippen LogP contribution in [0, 0.1) is 0 Å². The second-order valence-electron chi connectivity index (χ2n) is 4.09. The highest BCUT2D eigenvalue weighted by molar-refractivity contribution is 6.38. The van der Waals surface area contributed by atoms with Gasteiger partial charge in [0.05, 0.1) is 12.5 Å². The Bertz CT molecular complexity index is 442. The van der Waals surface area contributed by atoms with Crippen molar-refractivity contribution in [1.82, 2.24) is 4.90 Å².